The number of ether oxygens (including phenoxy) is 1. The Balaban J connectivity index is 1.33. The molecular weight excluding hydrogens is 845 g/mol. The summed E-state index contributed by atoms with van der Waals surface area (Å²) in [4.78, 5) is 95.6. The molecule has 6 N–H and O–H groups in total. The lowest BCUT2D eigenvalue weighted by Gasteiger charge is -2.37. The van der Waals surface area contributed by atoms with Gasteiger partial charge in [-0.05, 0) is 16.7 Å². The molecule has 21 heteroatoms. The van der Waals surface area contributed by atoms with Gasteiger partial charge >= 0.3 is 17.9 Å². The van der Waals surface area contributed by atoms with Crippen molar-refractivity contribution in [3.63, 3.8) is 0 Å². The van der Waals surface area contributed by atoms with Gasteiger partial charge in [0, 0.05) is 147 Å². The molecular formula is C41H64N8O11S2. The molecule has 3 amide bonds. The van der Waals surface area contributed by atoms with Gasteiger partial charge < -0.3 is 40.8 Å². The number of primary amides is 1. The van der Waals surface area contributed by atoms with Crippen LogP contribution in [-0.2, 0) is 56.3 Å². The summed E-state index contributed by atoms with van der Waals surface area (Å²) in [7, 11) is 0. The number of aliphatic carboxylic acids is 3. The number of nitrogens with zero attached hydrogens (tertiary/aromatic N) is 6. The minimum absolute atomic E-state index is 0.0593. The van der Waals surface area contributed by atoms with Crippen LogP contribution in [0.2, 0.25) is 0 Å². The second-order valence-electron chi connectivity index (χ2n) is 16.1. The molecule has 3 saturated heterocycles. The summed E-state index contributed by atoms with van der Waals surface area (Å²) in [6.45, 7) is 5.93. The Labute approximate surface area is 372 Å². The Morgan fingerprint density at radius 1 is 0.629 bits per heavy atom. The predicted molar refractivity (Wildman–Crippen MR) is 235 cm³/mol. The van der Waals surface area contributed by atoms with Crippen LogP contribution in [0.15, 0.2) is 18.2 Å². The summed E-state index contributed by atoms with van der Waals surface area (Å²) in [6, 6.07) is 6.50. The minimum atomic E-state index is -1.02. The van der Waals surface area contributed by atoms with Crippen LogP contribution in [0.3, 0.4) is 0 Å². The highest BCUT2D eigenvalue weighted by Gasteiger charge is 2.33. The summed E-state index contributed by atoms with van der Waals surface area (Å²) in [5, 5.41) is 31.4. The van der Waals surface area contributed by atoms with Gasteiger partial charge in [0.25, 0.3) is 0 Å². The lowest BCUT2D eigenvalue weighted by Crippen LogP contribution is -2.53. The number of nitrogens with two attached hydrogens (primary N) is 1. The largest absolute Gasteiger partial charge is 0.480 e. The third kappa shape index (κ3) is 19.3. The molecule has 0 radical (unpaired) electrons. The number of hydrogen-bond acceptors (Lipinski definition) is 15. The normalized spacial score (nSPS) is 19.2. The number of carboxylic acids is 3. The van der Waals surface area contributed by atoms with Gasteiger partial charge in [-0.15, -0.1) is 0 Å². The second-order valence-corrected chi connectivity index (χ2v) is 18.3. The van der Waals surface area contributed by atoms with E-state index in [9.17, 15) is 48.9 Å². The third-order valence-corrected chi connectivity index (χ3v) is 13.2. The van der Waals surface area contributed by atoms with E-state index in [4.69, 9.17) is 10.5 Å². The fraction of sp³-hybridized carbons (Fsp3) is 0.683. The Bertz CT molecular complexity index is 1630. The average molecular weight is 909 g/mol. The van der Waals surface area contributed by atoms with E-state index in [2.05, 4.69) is 28.4 Å². The Kier molecular flexibility index (Phi) is 21.9. The van der Waals surface area contributed by atoms with Crippen LogP contribution in [0, 0.1) is 0 Å². The van der Waals surface area contributed by atoms with Gasteiger partial charge in [0.05, 0.1) is 31.7 Å². The molecule has 3 fully saturated rings. The highest BCUT2D eigenvalue weighted by atomic mass is 32.2. The first-order chi connectivity index (χ1) is 29.7. The van der Waals surface area contributed by atoms with Crippen LogP contribution >= 0.6 is 23.5 Å². The molecule has 0 aromatic heterocycles. The van der Waals surface area contributed by atoms with Crippen LogP contribution in [0.4, 0.5) is 0 Å². The van der Waals surface area contributed by atoms with Crippen LogP contribution in [0.5, 0.6) is 0 Å². The van der Waals surface area contributed by atoms with Gasteiger partial charge in [-0.3, -0.25) is 53.3 Å². The number of carbonyl (C=O) groups excluding carboxylic acids is 4. The predicted octanol–water partition coefficient (Wildman–Crippen LogP) is -0.598. The van der Waals surface area contributed by atoms with Crippen molar-refractivity contribution in [2.75, 3.05) is 129 Å². The summed E-state index contributed by atoms with van der Waals surface area (Å²) < 4.78 is 5.36. The maximum absolute atomic E-state index is 13.7. The number of rotatable bonds is 22. The highest BCUT2D eigenvalue weighted by Crippen LogP contribution is 2.23. The highest BCUT2D eigenvalue weighted by molar-refractivity contribution is 7.98. The van der Waals surface area contributed by atoms with Gasteiger partial charge in [-0.25, -0.2) is 0 Å². The monoisotopic (exact) mass is 908 g/mol. The number of hydrogen-bond donors (Lipinski definition) is 5. The molecule has 1 aromatic rings. The summed E-state index contributed by atoms with van der Waals surface area (Å²) in [6.07, 6.45) is 2.37. The molecule has 3 heterocycles. The first kappa shape index (κ1) is 50.8. The molecule has 19 nitrogen and oxygen atoms in total. The molecule has 4 rings (SSSR count). The molecule has 0 bridgehead atoms. The van der Waals surface area contributed by atoms with E-state index in [0.29, 0.717) is 147 Å². The van der Waals surface area contributed by atoms with E-state index in [-0.39, 0.29) is 43.9 Å². The molecule has 3 aliphatic heterocycles. The zero-order valence-electron chi connectivity index (χ0n) is 35.6. The summed E-state index contributed by atoms with van der Waals surface area (Å²) in [5.74, 6) is -0.968. The SMILES string of the molecule is NC(=O)CCSCc1cc(CSCCC(=O)NC2(C=O)CCOCC2)cc(CN2CCN(C(=O)CN3CCN(CC(=O)O)CCN(CC(=O)O)CCN(CC(=O)O)CC3)CC2)c1. The first-order valence-electron chi connectivity index (χ1n) is 21.2. The molecule has 0 atom stereocenters. The van der Waals surface area contributed by atoms with E-state index >= 15 is 0 Å². The van der Waals surface area contributed by atoms with Crippen molar-refractivity contribution < 1.29 is 53.6 Å². The molecule has 0 unspecified atom stereocenters. The van der Waals surface area contributed by atoms with Gasteiger partial charge in [0.15, 0.2) is 0 Å². The van der Waals surface area contributed by atoms with Gasteiger partial charge in [-0.2, -0.15) is 23.5 Å². The Morgan fingerprint density at radius 3 is 1.48 bits per heavy atom. The van der Waals surface area contributed by atoms with Crippen LogP contribution in [0.25, 0.3) is 0 Å². The lowest BCUT2D eigenvalue weighted by molar-refractivity contribution is -0.141. The Hall–Kier alpha value is -3.83. The number of carbonyl (C=O) groups is 7. The van der Waals surface area contributed by atoms with Gasteiger partial charge in [-0.1, -0.05) is 18.2 Å². The van der Waals surface area contributed by atoms with Crippen molar-refractivity contribution in [2.24, 2.45) is 5.73 Å². The molecule has 346 valence electrons. The standard InChI is InChI=1S/C41H64N8O11S2/c42-35(51)1-19-61-29-33-21-32(22-34(23-33)30-62-20-2-36(52)43-41(31-50)3-17-60-18-4-41)24-44-13-15-49(16-14-44)37(53)25-45-5-7-46(26-38(54)55)9-11-48(28-40(58)59)12-10-47(8-6-45)27-39(56)57/h21-23,31H,1-20,24-30H2,(H2,42,51)(H,43,52)(H,54,55)(H,56,57)(H,58,59). The fourth-order valence-corrected chi connectivity index (χ4v) is 9.42. The van der Waals surface area contributed by atoms with Crippen LogP contribution in [-0.4, -0.2) is 222 Å². The second kappa shape index (κ2) is 26.7. The van der Waals surface area contributed by atoms with Crippen molar-refractivity contribution >= 4 is 65.4 Å². The van der Waals surface area contributed by atoms with Crippen LogP contribution < -0.4 is 11.1 Å². The summed E-state index contributed by atoms with van der Waals surface area (Å²) in [5.41, 5.74) is 7.87. The van der Waals surface area contributed by atoms with Crippen molar-refractivity contribution in [3.8, 4) is 0 Å². The number of thioether (sulfide) groups is 2. The first-order valence-corrected chi connectivity index (χ1v) is 23.5. The van der Waals surface area contributed by atoms with Crippen molar-refractivity contribution in [3.05, 3.63) is 34.9 Å². The van der Waals surface area contributed by atoms with E-state index in [1.807, 2.05) is 9.80 Å². The zero-order chi connectivity index (χ0) is 44.9. The van der Waals surface area contributed by atoms with Gasteiger partial charge in [0.2, 0.25) is 17.7 Å². The van der Waals surface area contributed by atoms with Crippen LogP contribution in [0.1, 0.15) is 42.4 Å². The maximum atomic E-state index is 13.7. The van der Waals surface area contributed by atoms with E-state index in [1.54, 1.807) is 38.2 Å². The molecule has 0 spiro atoms. The molecule has 1 aromatic carbocycles. The minimum Gasteiger partial charge on any atom is -0.480 e. The average Bonchev–Trinajstić information content (AvgIpc) is 3.22. The number of amides is 3. The maximum Gasteiger partial charge on any atom is 0.317 e. The molecule has 0 aliphatic carbocycles. The third-order valence-electron chi connectivity index (χ3n) is 11.1. The molecule has 62 heavy (non-hydrogen) atoms. The molecule has 3 aliphatic rings. The van der Waals surface area contributed by atoms with Crippen molar-refractivity contribution in [2.45, 2.75) is 49.3 Å². The van der Waals surface area contributed by atoms with E-state index in [1.165, 1.54) is 0 Å². The quantitative estimate of drug-likeness (QED) is 0.0721. The lowest BCUT2D eigenvalue weighted by atomic mass is 9.91. The van der Waals surface area contributed by atoms with Crippen molar-refractivity contribution in [1.29, 1.82) is 0 Å². The smallest absolute Gasteiger partial charge is 0.317 e. The topological polar surface area (TPSA) is 247 Å². The van der Waals surface area contributed by atoms with Gasteiger partial charge in [0.1, 0.15) is 6.29 Å². The van der Waals surface area contributed by atoms with E-state index in [0.717, 1.165) is 23.0 Å². The van der Waals surface area contributed by atoms with Crippen molar-refractivity contribution in [1.82, 2.24) is 34.7 Å². The summed E-state index contributed by atoms with van der Waals surface area (Å²) >= 11 is 3.29. The number of nitrogens with one attached hydrogen (secondary N) is 1. The fourth-order valence-electron chi connectivity index (χ4n) is 7.65. The number of carboxylic acid groups (broad SMARTS) is 3. The zero-order valence-corrected chi connectivity index (χ0v) is 37.2. The molecule has 0 saturated carbocycles. The number of benzene rings is 1. The van der Waals surface area contributed by atoms with E-state index < -0.39 is 23.4 Å². The Morgan fingerprint density at radius 2 is 1.05 bits per heavy atom. The number of aldehydes is 1. The number of piperazine rings is 1.